The van der Waals surface area contributed by atoms with Crippen LogP contribution in [0.15, 0.2) is 22.8 Å². The molecule has 1 amide bonds. The topological polar surface area (TPSA) is 74.9 Å². The summed E-state index contributed by atoms with van der Waals surface area (Å²) in [6.07, 6.45) is 1.40. The lowest BCUT2D eigenvalue weighted by atomic mass is 10.2. The molecule has 0 bridgehead atoms. The SMILES string of the molecule is CC1CN(CC(=O)NCc2ccco2)CC(CO)O1. The maximum Gasteiger partial charge on any atom is 0.234 e. The van der Waals surface area contributed by atoms with Gasteiger partial charge in [0.05, 0.1) is 38.2 Å². The van der Waals surface area contributed by atoms with Crippen molar-refractivity contribution in [2.75, 3.05) is 26.2 Å². The maximum atomic E-state index is 11.8. The Labute approximate surface area is 112 Å². The Bertz CT molecular complexity index is 393. The standard InChI is InChI=1S/C13H20N2O4/c1-10-6-15(7-12(9-16)19-10)8-13(17)14-5-11-3-2-4-18-11/h2-4,10,12,16H,5-9H2,1H3,(H,14,17). The van der Waals surface area contributed by atoms with Crippen LogP contribution in [0.2, 0.25) is 0 Å². The van der Waals surface area contributed by atoms with Gasteiger partial charge in [-0.15, -0.1) is 0 Å². The molecule has 1 aliphatic heterocycles. The van der Waals surface area contributed by atoms with Gasteiger partial charge >= 0.3 is 0 Å². The lowest BCUT2D eigenvalue weighted by Gasteiger charge is -2.35. The summed E-state index contributed by atoms with van der Waals surface area (Å²) in [5.74, 6) is 0.680. The van der Waals surface area contributed by atoms with E-state index in [0.717, 1.165) is 5.76 Å². The lowest BCUT2D eigenvalue weighted by molar-refractivity contribution is -0.128. The van der Waals surface area contributed by atoms with Crippen molar-refractivity contribution in [3.05, 3.63) is 24.2 Å². The number of hydrogen-bond donors (Lipinski definition) is 2. The first-order chi connectivity index (χ1) is 9.17. The van der Waals surface area contributed by atoms with E-state index >= 15 is 0 Å². The Kier molecular flexibility index (Phi) is 4.95. The summed E-state index contributed by atoms with van der Waals surface area (Å²) in [5, 5.41) is 11.9. The number of aliphatic hydroxyl groups is 1. The number of nitrogens with one attached hydrogen (secondary N) is 1. The molecule has 1 fully saturated rings. The van der Waals surface area contributed by atoms with Gasteiger partial charge in [-0.2, -0.15) is 0 Å². The normalized spacial score (nSPS) is 24.3. The molecule has 19 heavy (non-hydrogen) atoms. The second-order valence-corrected chi connectivity index (χ2v) is 4.80. The van der Waals surface area contributed by atoms with Crippen LogP contribution in [0.25, 0.3) is 0 Å². The van der Waals surface area contributed by atoms with E-state index in [1.54, 1.807) is 12.3 Å². The van der Waals surface area contributed by atoms with E-state index in [4.69, 9.17) is 14.3 Å². The number of rotatable bonds is 5. The van der Waals surface area contributed by atoms with E-state index in [-0.39, 0.29) is 24.7 Å². The molecule has 2 N–H and O–H groups in total. The van der Waals surface area contributed by atoms with E-state index < -0.39 is 0 Å². The zero-order valence-electron chi connectivity index (χ0n) is 11.0. The quantitative estimate of drug-likeness (QED) is 0.785. The summed E-state index contributed by atoms with van der Waals surface area (Å²) in [5.41, 5.74) is 0. The molecule has 0 aromatic carbocycles. The van der Waals surface area contributed by atoms with Crippen LogP contribution in [0.4, 0.5) is 0 Å². The summed E-state index contributed by atoms with van der Waals surface area (Å²) in [4.78, 5) is 13.8. The molecule has 0 saturated carbocycles. The summed E-state index contributed by atoms with van der Waals surface area (Å²) >= 11 is 0. The first kappa shape index (κ1) is 14.0. The third-order valence-electron chi connectivity index (χ3n) is 3.01. The number of ether oxygens (including phenoxy) is 1. The van der Waals surface area contributed by atoms with Crippen LogP contribution in [0.3, 0.4) is 0 Å². The maximum absolute atomic E-state index is 11.8. The van der Waals surface area contributed by atoms with Crippen LogP contribution >= 0.6 is 0 Å². The minimum absolute atomic E-state index is 0.0190. The number of amides is 1. The number of carbonyl (C=O) groups is 1. The number of carbonyl (C=O) groups excluding carboxylic acids is 1. The third-order valence-corrected chi connectivity index (χ3v) is 3.01. The van der Waals surface area contributed by atoms with E-state index in [1.807, 2.05) is 17.9 Å². The fourth-order valence-electron chi connectivity index (χ4n) is 2.23. The van der Waals surface area contributed by atoms with E-state index in [2.05, 4.69) is 5.32 Å². The molecule has 2 unspecified atom stereocenters. The summed E-state index contributed by atoms with van der Waals surface area (Å²) in [6.45, 7) is 3.91. The van der Waals surface area contributed by atoms with Crippen molar-refractivity contribution in [2.24, 2.45) is 0 Å². The second-order valence-electron chi connectivity index (χ2n) is 4.80. The van der Waals surface area contributed by atoms with Gasteiger partial charge in [-0.05, 0) is 19.1 Å². The van der Waals surface area contributed by atoms with Crippen LogP contribution in [0.5, 0.6) is 0 Å². The highest BCUT2D eigenvalue weighted by Gasteiger charge is 2.25. The van der Waals surface area contributed by atoms with Gasteiger partial charge in [0.2, 0.25) is 5.91 Å². The highest BCUT2D eigenvalue weighted by molar-refractivity contribution is 5.77. The fraction of sp³-hybridized carbons (Fsp3) is 0.615. The van der Waals surface area contributed by atoms with Gasteiger partial charge in [0.15, 0.2) is 0 Å². The number of furan rings is 1. The highest BCUT2D eigenvalue weighted by Crippen LogP contribution is 2.10. The molecule has 1 aromatic rings. The summed E-state index contributed by atoms with van der Waals surface area (Å²) in [6, 6.07) is 3.61. The van der Waals surface area contributed by atoms with E-state index in [9.17, 15) is 4.79 Å². The van der Waals surface area contributed by atoms with Crippen LogP contribution in [0, 0.1) is 0 Å². The molecule has 1 aliphatic rings. The first-order valence-electron chi connectivity index (χ1n) is 6.45. The molecule has 106 valence electrons. The number of nitrogens with zero attached hydrogens (tertiary/aromatic N) is 1. The Morgan fingerprint density at radius 1 is 1.58 bits per heavy atom. The molecule has 6 nitrogen and oxygen atoms in total. The van der Waals surface area contributed by atoms with Crippen LogP contribution < -0.4 is 5.32 Å². The zero-order chi connectivity index (χ0) is 13.7. The molecule has 0 spiro atoms. The molecular weight excluding hydrogens is 248 g/mol. The molecule has 0 aliphatic carbocycles. The molecular formula is C13H20N2O4. The van der Waals surface area contributed by atoms with Gasteiger partial charge in [0.1, 0.15) is 5.76 Å². The largest absolute Gasteiger partial charge is 0.467 e. The molecule has 1 aromatic heterocycles. The van der Waals surface area contributed by atoms with E-state index in [0.29, 0.717) is 26.2 Å². The van der Waals surface area contributed by atoms with Gasteiger partial charge in [0.25, 0.3) is 0 Å². The smallest absolute Gasteiger partial charge is 0.234 e. The average molecular weight is 268 g/mol. The summed E-state index contributed by atoms with van der Waals surface area (Å²) in [7, 11) is 0. The number of morpholine rings is 1. The summed E-state index contributed by atoms with van der Waals surface area (Å²) < 4.78 is 10.7. The number of hydrogen-bond acceptors (Lipinski definition) is 5. The minimum atomic E-state index is -0.207. The van der Waals surface area contributed by atoms with Crippen molar-refractivity contribution in [3.8, 4) is 0 Å². The Morgan fingerprint density at radius 3 is 3.11 bits per heavy atom. The van der Waals surface area contributed by atoms with Crippen molar-refractivity contribution >= 4 is 5.91 Å². The van der Waals surface area contributed by atoms with Crippen molar-refractivity contribution in [1.29, 1.82) is 0 Å². The third kappa shape index (κ3) is 4.34. The van der Waals surface area contributed by atoms with Gasteiger partial charge < -0.3 is 19.6 Å². The van der Waals surface area contributed by atoms with Crippen molar-refractivity contribution < 1.29 is 19.1 Å². The molecule has 1 saturated heterocycles. The predicted molar refractivity (Wildman–Crippen MR) is 68.4 cm³/mol. The van der Waals surface area contributed by atoms with Crippen molar-refractivity contribution in [2.45, 2.75) is 25.7 Å². The van der Waals surface area contributed by atoms with Crippen LogP contribution in [0.1, 0.15) is 12.7 Å². The Balaban J connectivity index is 1.75. The molecule has 6 heteroatoms. The molecule has 2 atom stereocenters. The monoisotopic (exact) mass is 268 g/mol. The van der Waals surface area contributed by atoms with Crippen molar-refractivity contribution in [1.82, 2.24) is 10.2 Å². The molecule has 0 radical (unpaired) electrons. The molecule has 2 rings (SSSR count). The fourth-order valence-corrected chi connectivity index (χ4v) is 2.23. The lowest BCUT2D eigenvalue weighted by Crippen LogP contribution is -2.50. The van der Waals surface area contributed by atoms with Gasteiger partial charge in [-0.25, -0.2) is 0 Å². The average Bonchev–Trinajstić information content (AvgIpc) is 2.88. The van der Waals surface area contributed by atoms with Gasteiger partial charge in [-0.3, -0.25) is 9.69 Å². The second kappa shape index (κ2) is 6.70. The highest BCUT2D eigenvalue weighted by atomic mass is 16.5. The zero-order valence-corrected chi connectivity index (χ0v) is 11.0. The first-order valence-corrected chi connectivity index (χ1v) is 6.45. The molecule has 2 heterocycles. The predicted octanol–water partition coefficient (Wildman–Crippen LogP) is -0.0226. The van der Waals surface area contributed by atoms with Crippen LogP contribution in [-0.4, -0.2) is 54.4 Å². The van der Waals surface area contributed by atoms with Gasteiger partial charge in [0, 0.05) is 13.1 Å². The number of aliphatic hydroxyl groups excluding tert-OH is 1. The Morgan fingerprint density at radius 2 is 2.42 bits per heavy atom. The Hall–Kier alpha value is -1.37. The van der Waals surface area contributed by atoms with Crippen molar-refractivity contribution in [3.63, 3.8) is 0 Å². The minimum Gasteiger partial charge on any atom is -0.467 e. The van der Waals surface area contributed by atoms with Crippen LogP contribution in [-0.2, 0) is 16.1 Å². The van der Waals surface area contributed by atoms with Gasteiger partial charge in [-0.1, -0.05) is 0 Å². The van der Waals surface area contributed by atoms with E-state index in [1.165, 1.54) is 0 Å².